The Bertz CT molecular complexity index is 1170. The van der Waals surface area contributed by atoms with Crippen LogP contribution in [0.3, 0.4) is 0 Å². The van der Waals surface area contributed by atoms with E-state index >= 15 is 0 Å². The van der Waals surface area contributed by atoms with Gasteiger partial charge in [0.2, 0.25) is 0 Å². The zero-order valence-corrected chi connectivity index (χ0v) is 20.2. The van der Waals surface area contributed by atoms with Crippen molar-refractivity contribution in [3.63, 3.8) is 0 Å². The van der Waals surface area contributed by atoms with Crippen LogP contribution < -0.4 is 24.4 Å². The van der Waals surface area contributed by atoms with Crippen molar-refractivity contribution in [3.8, 4) is 23.0 Å². The number of benzene rings is 3. The average Bonchev–Trinajstić information content (AvgIpc) is 2.88. The number of nitrogens with one attached hydrogen (secondary N) is 1. The Hall–Kier alpha value is -4.26. The van der Waals surface area contributed by atoms with Crippen LogP contribution in [0.1, 0.15) is 34.0 Å². The third-order valence-electron chi connectivity index (χ3n) is 4.94. The molecule has 0 fully saturated rings. The molecular formula is C28H30N2O5. The van der Waals surface area contributed by atoms with Gasteiger partial charge in [-0.15, -0.1) is 0 Å². The summed E-state index contributed by atoms with van der Waals surface area (Å²) in [5.74, 6) is 1.85. The number of amides is 1. The third kappa shape index (κ3) is 7.37. The minimum Gasteiger partial charge on any atom is -0.493 e. The highest BCUT2D eigenvalue weighted by Gasteiger charge is 2.11. The normalized spacial score (nSPS) is 10.6. The highest BCUT2D eigenvalue weighted by atomic mass is 16.5. The lowest BCUT2D eigenvalue weighted by molar-refractivity contribution is 0.0954. The summed E-state index contributed by atoms with van der Waals surface area (Å²) in [6.45, 7) is 8.85. The second-order valence-corrected chi connectivity index (χ2v) is 7.58. The summed E-state index contributed by atoms with van der Waals surface area (Å²) >= 11 is 0. The fourth-order valence-electron chi connectivity index (χ4n) is 3.14. The summed E-state index contributed by atoms with van der Waals surface area (Å²) in [6, 6.07) is 18.6. The quantitative estimate of drug-likeness (QED) is 0.219. The fourth-order valence-corrected chi connectivity index (χ4v) is 3.14. The van der Waals surface area contributed by atoms with E-state index in [4.69, 9.17) is 18.9 Å². The van der Waals surface area contributed by atoms with E-state index in [-0.39, 0.29) is 5.91 Å². The molecule has 182 valence electrons. The molecule has 0 atom stereocenters. The van der Waals surface area contributed by atoms with Gasteiger partial charge in [0.25, 0.3) is 5.91 Å². The third-order valence-corrected chi connectivity index (χ3v) is 4.94. The number of methoxy groups -OCH3 is 1. The van der Waals surface area contributed by atoms with E-state index in [1.165, 1.54) is 12.7 Å². The Morgan fingerprint density at radius 1 is 0.943 bits per heavy atom. The Morgan fingerprint density at radius 3 is 2.40 bits per heavy atom. The number of hydrogen-bond donors (Lipinski definition) is 1. The molecular weight excluding hydrogens is 444 g/mol. The van der Waals surface area contributed by atoms with Crippen LogP contribution in [0.5, 0.6) is 23.0 Å². The van der Waals surface area contributed by atoms with Crippen molar-refractivity contribution in [2.75, 3.05) is 20.3 Å². The number of aryl methyl sites for hydroxylation is 1. The largest absolute Gasteiger partial charge is 0.493 e. The molecule has 0 heterocycles. The van der Waals surface area contributed by atoms with Gasteiger partial charge in [0.1, 0.15) is 13.2 Å². The van der Waals surface area contributed by atoms with E-state index in [0.717, 1.165) is 11.1 Å². The molecule has 3 rings (SSSR count). The Morgan fingerprint density at radius 2 is 1.69 bits per heavy atom. The van der Waals surface area contributed by atoms with E-state index < -0.39 is 0 Å². The molecule has 0 spiro atoms. The summed E-state index contributed by atoms with van der Waals surface area (Å²) in [5.41, 5.74) is 5.94. The number of rotatable bonds is 12. The van der Waals surface area contributed by atoms with Crippen molar-refractivity contribution in [2.45, 2.75) is 20.5 Å². The first-order valence-electron chi connectivity index (χ1n) is 11.2. The number of hydrazone groups is 1. The first-order chi connectivity index (χ1) is 17.0. The predicted molar refractivity (Wildman–Crippen MR) is 137 cm³/mol. The summed E-state index contributed by atoms with van der Waals surface area (Å²) < 4.78 is 22.5. The Labute approximate surface area is 206 Å². The topological polar surface area (TPSA) is 78.4 Å². The monoisotopic (exact) mass is 474 g/mol. The van der Waals surface area contributed by atoms with E-state index in [0.29, 0.717) is 48.4 Å². The maximum Gasteiger partial charge on any atom is 0.271 e. The van der Waals surface area contributed by atoms with Gasteiger partial charge in [-0.1, -0.05) is 42.5 Å². The van der Waals surface area contributed by atoms with Crippen LogP contribution >= 0.6 is 0 Å². The molecule has 3 aromatic rings. The SMILES string of the molecule is C=CCOc1ccc(C(=O)N/N=C/c2ccc(OCc3ccc(C)cc3)c(OCC)c2)cc1OC. The van der Waals surface area contributed by atoms with Crippen molar-refractivity contribution < 1.29 is 23.7 Å². The average molecular weight is 475 g/mol. The van der Waals surface area contributed by atoms with Crippen molar-refractivity contribution in [1.29, 1.82) is 0 Å². The van der Waals surface area contributed by atoms with Gasteiger partial charge in [-0.2, -0.15) is 5.10 Å². The Kier molecular flexibility index (Phi) is 9.31. The lowest BCUT2D eigenvalue weighted by Crippen LogP contribution is -2.17. The van der Waals surface area contributed by atoms with Crippen molar-refractivity contribution in [2.24, 2.45) is 5.10 Å². The molecule has 0 aliphatic heterocycles. The number of nitrogens with zero attached hydrogens (tertiary/aromatic N) is 1. The maximum atomic E-state index is 12.5. The van der Waals surface area contributed by atoms with Gasteiger partial charge in [-0.25, -0.2) is 5.43 Å². The van der Waals surface area contributed by atoms with Crippen LogP contribution in [0.15, 0.2) is 78.4 Å². The molecule has 0 aliphatic rings. The second kappa shape index (κ2) is 12.8. The molecule has 1 amide bonds. The highest BCUT2D eigenvalue weighted by molar-refractivity contribution is 5.95. The minimum atomic E-state index is -0.377. The van der Waals surface area contributed by atoms with Gasteiger partial charge in [0.15, 0.2) is 23.0 Å². The molecule has 7 heteroatoms. The standard InChI is InChI=1S/C28H30N2O5/c1-5-15-34-24-14-12-23(17-26(24)32-4)28(31)30-29-18-22-11-13-25(27(16-22)33-6-2)35-19-21-9-7-20(3)8-10-21/h5,7-14,16-18H,1,6,15,19H2,2-4H3,(H,30,31)/b29-18+. The summed E-state index contributed by atoms with van der Waals surface area (Å²) in [4.78, 5) is 12.5. The van der Waals surface area contributed by atoms with Crippen LogP contribution in [-0.2, 0) is 6.61 Å². The molecule has 0 saturated carbocycles. The summed E-state index contributed by atoms with van der Waals surface area (Å²) in [6.07, 6.45) is 3.18. The number of hydrogen-bond acceptors (Lipinski definition) is 6. The van der Waals surface area contributed by atoms with Gasteiger partial charge in [-0.3, -0.25) is 4.79 Å². The summed E-state index contributed by atoms with van der Waals surface area (Å²) in [5, 5.41) is 4.07. The van der Waals surface area contributed by atoms with E-state index in [1.807, 2.05) is 44.2 Å². The lowest BCUT2D eigenvalue weighted by Gasteiger charge is -2.13. The molecule has 0 aliphatic carbocycles. The molecule has 0 saturated heterocycles. The number of carbonyl (C=O) groups excluding carboxylic acids is 1. The van der Waals surface area contributed by atoms with Crippen molar-refractivity contribution in [1.82, 2.24) is 5.43 Å². The zero-order valence-electron chi connectivity index (χ0n) is 20.2. The molecule has 35 heavy (non-hydrogen) atoms. The molecule has 1 N–H and O–H groups in total. The van der Waals surface area contributed by atoms with Gasteiger partial charge < -0.3 is 18.9 Å². The molecule has 0 aromatic heterocycles. The summed E-state index contributed by atoms with van der Waals surface area (Å²) in [7, 11) is 1.51. The highest BCUT2D eigenvalue weighted by Crippen LogP contribution is 2.29. The minimum absolute atomic E-state index is 0.339. The van der Waals surface area contributed by atoms with Crippen LogP contribution in [0.2, 0.25) is 0 Å². The number of carbonyl (C=O) groups is 1. The van der Waals surface area contributed by atoms with Crippen LogP contribution in [-0.4, -0.2) is 32.4 Å². The maximum absolute atomic E-state index is 12.5. The molecule has 0 unspecified atom stereocenters. The van der Waals surface area contributed by atoms with Gasteiger partial charge in [0, 0.05) is 5.56 Å². The smallest absolute Gasteiger partial charge is 0.271 e. The van der Waals surface area contributed by atoms with Crippen molar-refractivity contribution >= 4 is 12.1 Å². The lowest BCUT2D eigenvalue weighted by atomic mass is 10.2. The number of ether oxygens (including phenoxy) is 4. The molecule has 7 nitrogen and oxygen atoms in total. The zero-order chi connectivity index (χ0) is 25.0. The van der Waals surface area contributed by atoms with E-state index in [9.17, 15) is 4.79 Å². The van der Waals surface area contributed by atoms with E-state index in [2.05, 4.69) is 29.2 Å². The van der Waals surface area contributed by atoms with E-state index in [1.54, 1.807) is 30.5 Å². The van der Waals surface area contributed by atoms with Crippen molar-refractivity contribution in [3.05, 3.63) is 95.6 Å². The molecule has 0 radical (unpaired) electrons. The van der Waals surface area contributed by atoms with Gasteiger partial charge >= 0.3 is 0 Å². The van der Waals surface area contributed by atoms with Crippen LogP contribution in [0, 0.1) is 6.92 Å². The fraction of sp³-hybridized carbons (Fsp3) is 0.214. The molecule has 3 aromatic carbocycles. The first-order valence-corrected chi connectivity index (χ1v) is 11.2. The predicted octanol–water partition coefficient (Wildman–Crippen LogP) is 5.31. The Balaban J connectivity index is 1.64. The van der Waals surface area contributed by atoms with Gasteiger partial charge in [-0.05, 0) is 61.4 Å². The van der Waals surface area contributed by atoms with Crippen LogP contribution in [0.4, 0.5) is 0 Å². The first kappa shape index (κ1) is 25.4. The van der Waals surface area contributed by atoms with Gasteiger partial charge in [0.05, 0.1) is 19.9 Å². The molecule has 0 bridgehead atoms. The van der Waals surface area contributed by atoms with Crippen LogP contribution in [0.25, 0.3) is 0 Å². The second-order valence-electron chi connectivity index (χ2n) is 7.58.